The average Bonchev–Trinajstić information content (AvgIpc) is 2.74. The lowest BCUT2D eigenvalue weighted by Crippen LogP contribution is -2.38. The van der Waals surface area contributed by atoms with Gasteiger partial charge in [0.15, 0.2) is 5.76 Å². The first-order valence-corrected chi connectivity index (χ1v) is 5.28. The maximum atomic E-state index is 12.1. The summed E-state index contributed by atoms with van der Waals surface area (Å²) < 4.78 is 5.28. The second-order valence-corrected chi connectivity index (χ2v) is 3.73. The molecule has 0 aromatic heterocycles. The fraction of sp³-hybridized carbons (Fsp3) is 0.727. The maximum Gasteiger partial charge on any atom is 0.204 e. The van der Waals surface area contributed by atoms with E-state index >= 15 is 0 Å². The van der Waals surface area contributed by atoms with Crippen molar-refractivity contribution in [3.8, 4) is 0 Å². The zero-order valence-electron chi connectivity index (χ0n) is 9.01. The van der Waals surface area contributed by atoms with E-state index in [-0.39, 0.29) is 5.78 Å². The van der Waals surface area contributed by atoms with Crippen molar-refractivity contribution in [2.45, 2.75) is 33.1 Å². The number of carbonyl (C=O) groups excluding carboxylic acids is 1. The van der Waals surface area contributed by atoms with Gasteiger partial charge in [-0.25, -0.2) is 0 Å². The summed E-state index contributed by atoms with van der Waals surface area (Å²) >= 11 is 0. The van der Waals surface area contributed by atoms with E-state index in [1.165, 1.54) is 0 Å². The second-order valence-electron chi connectivity index (χ2n) is 3.73. The number of nitrogens with two attached hydrogens (primary N) is 1. The van der Waals surface area contributed by atoms with Crippen LogP contribution in [0.3, 0.4) is 0 Å². The van der Waals surface area contributed by atoms with Gasteiger partial charge in [0.1, 0.15) is 0 Å². The smallest absolute Gasteiger partial charge is 0.204 e. The Morgan fingerprint density at radius 1 is 1.57 bits per heavy atom. The lowest BCUT2D eigenvalue weighted by atomic mass is 9.77. The topological polar surface area (TPSA) is 52.3 Å². The van der Waals surface area contributed by atoms with Crippen LogP contribution in [0.4, 0.5) is 0 Å². The minimum Gasteiger partial charge on any atom is -0.490 e. The molecule has 0 fully saturated rings. The number of allylic oxidation sites excluding steroid dienone is 1. The number of carbonyl (C=O) groups is 1. The molecule has 0 saturated carbocycles. The van der Waals surface area contributed by atoms with Crippen molar-refractivity contribution in [1.29, 1.82) is 0 Å². The zero-order valence-corrected chi connectivity index (χ0v) is 9.01. The van der Waals surface area contributed by atoms with E-state index in [2.05, 4.69) is 0 Å². The maximum absolute atomic E-state index is 12.1. The van der Waals surface area contributed by atoms with Gasteiger partial charge in [0.2, 0.25) is 5.78 Å². The molecule has 3 nitrogen and oxygen atoms in total. The minimum absolute atomic E-state index is 0.0856. The fourth-order valence-electron chi connectivity index (χ4n) is 1.79. The first-order chi connectivity index (χ1) is 6.70. The molecule has 80 valence electrons. The first kappa shape index (κ1) is 11.2. The van der Waals surface area contributed by atoms with Crippen molar-refractivity contribution < 1.29 is 9.53 Å². The van der Waals surface area contributed by atoms with Gasteiger partial charge in [-0.2, -0.15) is 0 Å². The molecule has 0 radical (unpaired) electrons. The van der Waals surface area contributed by atoms with E-state index < -0.39 is 5.41 Å². The second kappa shape index (κ2) is 4.60. The molecule has 0 bridgehead atoms. The molecule has 3 heteroatoms. The van der Waals surface area contributed by atoms with Crippen LogP contribution < -0.4 is 5.73 Å². The Morgan fingerprint density at radius 3 is 2.57 bits per heavy atom. The quantitative estimate of drug-likeness (QED) is 0.728. The van der Waals surface area contributed by atoms with Gasteiger partial charge in [-0.15, -0.1) is 0 Å². The number of rotatable bonds is 5. The van der Waals surface area contributed by atoms with E-state index in [0.29, 0.717) is 18.9 Å². The van der Waals surface area contributed by atoms with E-state index in [0.717, 1.165) is 19.3 Å². The Kier molecular flexibility index (Phi) is 3.69. The zero-order chi connectivity index (χ0) is 10.6. The molecule has 2 N–H and O–H groups in total. The molecule has 0 aromatic rings. The van der Waals surface area contributed by atoms with Gasteiger partial charge in [-0.3, -0.25) is 4.79 Å². The van der Waals surface area contributed by atoms with Gasteiger partial charge in [0.25, 0.3) is 0 Å². The van der Waals surface area contributed by atoms with Crippen molar-refractivity contribution >= 4 is 5.78 Å². The highest BCUT2D eigenvalue weighted by atomic mass is 16.5. The summed E-state index contributed by atoms with van der Waals surface area (Å²) in [6, 6.07) is 0. The molecule has 1 aliphatic rings. The average molecular weight is 197 g/mol. The number of ether oxygens (including phenoxy) is 1. The van der Waals surface area contributed by atoms with Gasteiger partial charge >= 0.3 is 0 Å². The number of Topliss-reactive ketones (excluding diaryl/α,β-unsaturated/α-hetero) is 1. The standard InChI is InChI=1S/C11H19NO2/c1-3-11(4-2,8-12)10(13)9-6-5-7-14-9/h6H,3-5,7-8,12H2,1-2H3. The van der Waals surface area contributed by atoms with Crippen molar-refractivity contribution in [2.24, 2.45) is 11.1 Å². The van der Waals surface area contributed by atoms with Crippen molar-refractivity contribution in [2.75, 3.05) is 13.2 Å². The molecule has 0 atom stereocenters. The molecular weight excluding hydrogens is 178 g/mol. The van der Waals surface area contributed by atoms with Gasteiger partial charge in [-0.05, 0) is 18.9 Å². The Morgan fingerprint density at radius 2 is 2.21 bits per heavy atom. The van der Waals surface area contributed by atoms with Gasteiger partial charge in [0, 0.05) is 18.4 Å². The fourth-order valence-corrected chi connectivity index (χ4v) is 1.79. The van der Waals surface area contributed by atoms with E-state index in [1.54, 1.807) is 0 Å². The van der Waals surface area contributed by atoms with Crippen LogP contribution in [0.1, 0.15) is 33.1 Å². The van der Waals surface area contributed by atoms with E-state index in [1.807, 2.05) is 19.9 Å². The predicted molar refractivity (Wildman–Crippen MR) is 55.7 cm³/mol. The Balaban J connectivity index is 2.82. The molecule has 14 heavy (non-hydrogen) atoms. The third-order valence-electron chi connectivity index (χ3n) is 3.15. The largest absolute Gasteiger partial charge is 0.490 e. The highest BCUT2D eigenvalue weighted by molar-refractivity contribution is 5.98. The van der Waals surface area contributed by atoms with E-state index in [9.17, 15) is 4.79 Å². The van der Waals surface area contributed by atoms with Crippen molar-refractivity contribution in [1.82, 2.24) is 0 Å². The minimum atomic E-state index is -0.407. The van der Waals surface area contributed by atoms with Gasteiger partial charge < -0.3 is 10.5 Å². The summed E-state index contributed by atoms with van der Waals surface area (Å²) in [4.78, 5) is 12.1. The van der Waals surface area contributed by atoms with Crippen LogP contribution >= 0.6 is 0 Å². The lowest BCUT2D eigenvalue weighted by molar-refractivity contribution is -0.128. The highest BCUT2D eigenvalue weighted by Gasteiger charge is 2.36. The van der Waals surface area contributed by atoms with Crippen molar-refractivity contribution in [3.05, 3.63) is 11.8 Å². The van der Waals surface area contributed by atoms with Crippen LogP contribution in [0.5, 0.6) is 0 Å². The van der Waals surface area contributed by atoms with Crippen LogP contribution in [-0.4, -0.2) is 18.9 Å². The molecule has 1 rings (SSSR count). The van der Waals surface area contributed by atoms with Crippen LogP contribution in [0.2, 0.25) is 0 Å². The summed E-state index contributed by atoms with van der Waals surface area (Å²) in [5, 5.41) is 0. The molecular formula is C11H19NO2. The third kappa shape index (κ3) is 1.82. The molecule has 0 unspecified atom stereocenters. The van der Waals surface area contributed by atoms with Crippen LogP contribution in [-0.2, 0) is 9.53 Å². The Hall–Kier alpha value is -0.830. The Bertz CT molecular complexity index is 233. The molecule has 0 amide bonds. The summed E-state index contributed by atoms with van der Waals surface area (Å²) in [5.41, 5.74) is 5.29. The van der Waals surface area contributed by atoms with E-state index in [4.69, 9.17) is 10.5 Å². The number of hydrogen-bond acceptors (Lipinski definition) is 3. The number of hydrogen-bond donors (Lipinski definition) is 1. The van der Waals surface area contributed by atoms with Crippen molar-refractivity contribution in [3.63, 3.8) is 0 Å². The molecule has 0 aliphatic carbocycles. The molecule has 1 aliphatic heterocycles. The SMILES string of the molecule is CCC(CC)(CN)C(=O)C1=CCCO1. The summed E-state index contributed by atoms with van der Waals surface area (Å²) in [6.07, 6.45) is 4.27. The van der Waals surface area contributed by atoms with Crippen LogP contribution in [0.25, 0.3) is 0 Å². The number of ketones is 1. The molecule has 1 heterocycles. The van der Waals surface area contributed by atoms with Crippen LogP contribution in [0.15, 0.2) is 11.8 Å². The summed E-state index contributed by atoms with van der Waals surface area (Å²) in [6.45, 7) is 5.04. The third-order valence-corrected chi connectivity index (χ3v) is 3.15. The van der Waals surface area contributed by atoms with Gasteiger partial charge in [-0.1, -0.05) is 13.8 Å². The molecule has 0 saturated heterocycles. The Labute approximate surface area is 85.3 Å². The predicted octanol–water partition coefficient (Wildman–Crippen LogP) is 1.62. The molecule has 0 aromatic carbocycles. The highest BCUT2D eigenvalue weighted by Crippen LogP contribution is 2.31. The summed E-state index contributed by atoms with van der Waals surface area (Å²) in [5.74, 6) is 0.613. The van der Waals surface area contributed by atoms with Crippen LogP contribution in [0, 0.1) is 5.41 Å². The van der Waals surface area contributed by atoms with Gasteiger partial charge in [0.05, 0.1) is 6.61 Å². The summed E-state index contributed by atoms with van der Waals surface area (Å²) in [7, 11) is 0. The molecule has 0 spiro atoms. The lowest BCUT2D eigenvalue weighted by Gasteiger charge is -2.28. The monoisotopic (exact) mass is 197 g/mol. The first-order valence-electron chi connectivity index (χ1n) is 5.28. The normalized spacial score (nSPS) is 16.4.